The Bertz CT molecular complexity index is 962. The molecule has 3 aliphatic carbocycles. The predicted molar refractivity (Wildman–Crippen MR) is 148 cm³/mol. The van der Waals surface area contributed by atoms with Gasteiger partial charge in [0, 0.05) is 10.6 Å². The fourth-order valence-corrected chi connectivity index (χ4v) is 8.74. The molecule has 0 heterocycles. The summed E-state index contributed by atoms with van der Waals surface area (Å²) in [4.78, 5) is 1.10. The summed E-state index contributed by atoms with van der Waals surface area (Å²) in [6.07, 6.45) is 14.0. The summed E-state index contributed by atoms with van der Waals surface area (Å²) < 4.78 is 0. The van der Waals surface area contributed by atoms with E-state index in [0.717, 1.165) is 39.0 Å². The lowest BCUT2D eigenvalue weighted by molar-refractivity contribution is 0.105. The zero-order chi connectivity index (χ0) is 24.5. The number of hydrogen-bond acceptors (Lipinski definition) is 2. The molecule has 0 amide bonds. The van der Waals surface area contributed by atoms with Gasteiger partial charge >= 0.3 is 0 Å². The lowest BCUT2D eigenvalue weighted by Gasteiger charge is -2.44. The van der Waals surface area contributed by atoms with Crippen LogP contribution in [-0.2, 0) is 6.61 Å². The average molecular weight is 499 g/mol. The number of rotatable bonds is 6. The summed E-state index contributed by atoms with van der Waals surface area (Å²) in [5.41, 5.74) is 5.90. The number of halogens is 1. The fourth-order valence-electron chi connectivity index (χ4n) is 7.34. The molecule has 34 heavy (non-hydrogen) atoms. The van der Waals surface area contributed by atoms with Crippen molar-refractivity contribution >= 4 is 23.4 Å². The molecule has 1 aromatic rings. The van der Waals surface area contributed by atoms with Crippen molar-refractivity contribution in [1.29, 1.82) is 0 Å². The molecule has 186 valence electrons. The van der Waals surface area contributed by atoms with Gasteiger partial charge in [-0.2, -0.15) is 0 Å². The molecule has 2 unspecified atom stereocenters. The van der Waals surface area contributed by atoms with Crippen LogP contribution < -0.4 is 0 Å². The second kappa shape index (κ2) is 11.0. The molecular formula is C31H43ClOS. The Morgan fingerprint density at radius 2 is 2.06 bits per heavy atom. The lowest BCUT2D eigenvalue weighted by Crippen LogP contribution is -2.36. The van der Waals surface area contributed by atoms with E-state index in [4.69, 9.17) is 11.6 Å². The highest BCUT2D eigenvalue weighted by atomic mass is 35.5. The average Bonchev–Trinajstić information content (AvgIpc) is 3.17. The van der Waals surface area contributed by atoms with Crippen molar-refractivity contribution in [2.75, 3.05) is 5.75 Å². The van der Waals surface area contributed by atoms with E-state index in [2.05, 4.69) is 52.5 Å². The first-order valence-electron chi connectivity index (χ1n) is 13.3. The maximum atomic E-state index is 9.49. The van der Waals surface area contributed by atoms with Gasteiger partial charge in [-0.3, -0.25) is 0 Å². The highest BCUT2D eigenvalue weighted by Gasteiger charge is 2.50. The summed E-state index contributed by atoms with van der Waals surface area (Å²) in [5.74, 6) is 4.59. The van der Waals surface area contributed by atoms with Gasteiger partial charge in [0.05, 0.1) is 11.6 Å². The maximum absolute atomic E-state index is 9.49. The monoisotopic (exact) mass is 498 g/mol. The van der Waals surface area contributed by atoms with Gasteiger partial charge in [0.15, 0.2) is 0 Å². The minimum absolute atomic E-state index is 0.0686. The molecule has 0 aliphatic heterocycles. The molecule has 1 aromatic carbocycles. The zero-order valence-electron chi connectivity index (χ0n) is 21.6. The number of thioether (sulfide) groups is 1. The zero-order valence-corrected chi connectivity index (χ0v) is 23.2. The van der Waals surface area contributed by atoms with Gasteiger partial charge < -0.3 is 5.11 Å². The Morgan fingerprint density at radius 3 is 2.82 bits per heavy atom. The van der Waals surface area contributed by atoms with Crippen LogP contribution in [0, 0.1) is 35.0 Å². The van der Waals surface area contributed by atoms with E-state index in [1.165, 1.54) is 56.1 Å². The first-order chi connectivity index (χ1) is 16.2. The molecular weight excluding hydrogens is 456 g/mol. The smallest absolute Gasteiger partial charge is 0.0682 e. The minimum atomic E-state index is 0.0686. The molecule has 0 bridgehead atoms. The van der Waals surface area contributed by atoms with E-state index >= 15 is 0 Å². The summed E-state index contributed by atoms with van der Waals surface area (Å²) in [6, 6.07) is 5.88. The van der Waals surface area contributed by atoms with Crippen molar-refractivity contribution < 1.29 is 5.11 Å². The molecule has 3 aliphatic rings. The van der Waals surface area contributed by atoms with Gasteiger partial charge in [0.25, 0.3) is 0 Å². The lowest BCUT2D eigenvalue weighted by atomic mass is 9.61. The molecule has 3 saturated carbocycles. The molecule has 3 fully saturated rings. The number of allylic oxidation sites excluding steroid dienone is 5. The van der Waals surface area contributed by atoms with Crippen LogP contribution in [0.2, 0.25) is 5.02 Å². The number of aliphatic hydroxyl groups excluding tert-OH is 1. The van der Waals surface area contributed by atoms with Gasteiger partial charge in [-0.15, -0.1) is 11.8 Å². The summed E-state index contributed by atoms with van der Waals surface area (Å²) in [7, 11) is 0. The SMILES string of the molecule is C=C1/C(=C\C=C2/CCC[C@@]3(C)C2CCC3[C@@H](C)CSc2cc(CO)ccc2Cl)C[C@@H](C)C[C@@H]1C. The Kier molecular flexibility index (Phi) is 8.43. The van der Waals surface area contributed by atoms with Crippen LogP contribution in [0.15, 0.2) is 58.5 Å². The van der Waals surface area contributed by atoms with Crippen molar-refractivity contribution in [1.82, 2.24) is 0 Å². The van der Waals surface area contributed by atoms with E-state index in [0.29, 0.717) is 17.3 Å². The molecule has 0 aromatic heterocycles. The molecule has 4 rings (SSSR count). The Labute approximate surface area is 217 Å². The maximum Gasteiger partial charge on any atom is 0.0682 e. The molecule has 0 radical (unpaired) electrons. The molecule has 1 nitrogen and oxygen atoms in total. The van der Waals surface area contributed by atoms with Crippen LogP contribution in [0.5, 0.6) is 0 Å². The first-order valence-corrected chi connectivity index (χ1v) is 14.7. The van der Waals surface area contributed by atoms with E-state index in [1.54, 1.807) is 5.57 Å². The Morgan fingerprint density at radius 1 is 1.26 bits per heavy atom. The van der Waals surface area contributed by atoms with Gasteiger partial charge in [-0.25, -0.2) is 0 Å². The fraction of sp³-hybridized carbons (Fsp3) is 0.613. The molecule has 0 spiro atoms. The van der Waals surface area contributed by atoms with Gasteiger partial charge in [-0.1, -0.05) is 69.7 Å². The van der Waals surface area contributed by atoms with E-state index in [9.17, 15) is 5.11 Å². The van der Waals surface area contributed by atoms with Gasteiger partial charge in [0.1, 0.15) is 0 Å². The number of hydrogen-bond donors (Lipinski definition) is 1. The molecule has 0 saturated heterocycles. The standard InChI is InChI=1S/C31H43ClOS/c1-20-15-21(2)23(4)26(16-20)10-9-25-7-6-14-31(5)27(11-12-28(25)31)22(3)19-34-30-17-24(18-33)8-13-29(30)32/h8-10,13,17,20-22,27-28,33H,4,6-7,11-12,14-16,18-19H2,1-3,5H3/b25-9+,26-10-/t20-,21-,22-,27?,28?,31+/m0/s1. The second-order valence-corrected chi connectivity index (χ2v) is 13.2. The highest BCUT2D eigenvalue weighted by molar-refractivity contribution is 7.99. The van der Waals surface area contributed by atoms with E-state index < -0.39 is 0 Å². The highest BCUT2D eigenvalue weighted by Crippen LogP contribution is 2.59. The predicted octanol–water partition coefficient (Wildman–Crippen LogP) is 9.25. The van der Waals surface area contributed by atoms with Crippen LogP contribution in [0.25, 0.3) is 0 Å². The van der Waals surface area contributed by atoms with E-state index in [1.807, 2.05) is 23.9 Å². The molecule has 6 atom stereocenters. The Hall–Kier alpha value is -0.960. The largest absolute Gasteiger partial charge is 0.392 e. The van der Waals surface area contributed by atoms with Gasteiger partial charge in [-0.05, 0) is 109 Å². The van der Waals surface area contributed by atoms with Crippen LogP contribution >= 0.6 is 23.4 Å². The molecule has 1 N–H and O–H groups in total. The van der Waals surface area contributed by atoms with Gasteiger partial charge in [0.2, 0.25) is 0 Å². The van der Waals surface area contributed by atoms with Crippen molar-refractivity contribution in [2.24, 2.45) is 35.0 Å². The first kappa shape index (κ1) is 26.1. The third-order valence-corrected chi connectivity index (χ3v) is 11.0. The number of fused-ring (bicyclic) bond motifs is 1. The summed E-state index contributed by atoms with van der Waals surface area (Å²) >= 11 is 8.32. The van der Waals surface area contributed by atoms with Crippen molar-refractivity contribution in [2.45, 2.75) is 84.1 Å². The van der Waals surface area contributed by atoms with Crippen LogP contribution in [0.1, 0.15) is 78.2 Å². The normalized spacial score (nSPS) is 35.1. The van der Waals surface area contributed by atoms with Crippen molar-refractivity contribution in [3.8, 4) is 0 Å². The summed E-state index contributed by atoms with van der Waals surface area (Å²) in [6.45, 7) is 14.3. The van der Waals surface area contributed by atoms with Crippen LogP contribution in [-0.4, -0.2) is 10.9 Å². The topological polar surface area (TPSA) is 20.2 Å². The van der Waals surface area contributed by atoms with Crippen LogP contribution in [0.3, 0.4) is 0 Å². The van der Waals surface area contributed by atoms with Crippen LogP contribution in [0.4, 0.5) is 0 Å². The molecule has 3 heteroatoms. The number of aliphatic hydroxyl groups is 1. The summed E-state index contributed by atoms with van der Waals surface area (Å²) in [5, 5.41) is 10.3. The van der Waals surface area contributed by atoms with Crippen molar-refractivity contribution in [3.05, 3.63) is 64.2 Å². The minimum Gasteiger partial charge on any atom is -0.392 e. The quantitative estimate of drug-likeness (QED) is 0.394. The second-order valence-electron chi connectivity index (χ2n) is 11.7. The van der Waals surface area contributed by atoms with Crippen molar-refractivity contribution in [3.63, 3.8) is 0 Å². The third kappa shape index (κ3) is 5.40. The third-order valence-electron chi connectivity index (χ3n) is 9.23. The number of benzene rings is 1. The Balaban J connectivity index is 1.46. The van der Waals surface area contributed by atoms with E-state index in [-0.39, 0.29) is 6.61 Å².